The number of hydrogen-bond donors (Lipinski definition) is 1. The molecule has 0 heterocycles. The van der Waals surface area contributed by atoms with E-state index in [4.69, 9.17) is 0 Å². The Labute approximate surface area is 131 Å². The summed E-state index contributed by atoms with van der Waals surface area (Å²) < 4.78 is 28.9. The van der Waals surface area contributed by atoms with E-state index in [1.54, 1.807) is 7.05 Å². The number of likely N-dealkylation sites (N-methyl/N-ethyl adjacent to an activating group) is 1. The van der Waals surface area contributed by atoms with Crippen molar-refractivity contribution in [3.8, 4) is 0 Å². The SMILES string of the molecule is CNC(c1c(F)ccc(Br)c1F)C1CCc2ccccc21. The fourth-order valence-corrected chi connectivity index (χ4v) is 3.66. The van der Waals surface area contributed by atoms with Gasteiger partial charge in [0.2, 0.25) is 0 Å². The van der Waals surface area contributed by atoms with Gasteiger partial charge in [0.1, 0.15) is 11.6 Å². The van der Waals surface area contributed by atoms with Crippen LogP contribution in [0.5, 0.6) is 0 Å². The van der Waals surface area contributed by atoms with Gasteiger partial charge in [-0.05, 0) is 59.1 Å². The summed E-state index contributed by atoms with van der Waals surface area (Å²) in [4.78, 5) is 0. The van der Waals surface area contributed by atoms with Crippen LogP contribution in [0.25, 0.3) is 0 Å². The first kappa shape index (κ1) is 14.7. The molecule has 0 radical (unpaired) electrons. The molecule has 3 rings (SSSR count). The maximum absolute atomic E-state index is 14.4. The molecule has 4 heteroatoms. The van der Waals surface area contributed by atoms with Crippen molar-refractivity contribution in [2.75, 3.05) is 7.05 Å². The lowest BCUT2D eigenvalue weighted by molar-refractivity contribution is 0.428. The zero-order valence-electron chi connectivity index (χ0n) is 11.7. The minimum absolute atomic E-state index is 0.0875. The predicted octanol–water partition coefficient (Wildman–Crippen LogP) is 4.72. The van der Waals surface area contributed by atoms with Gasteiger partial charge in [0.05, 0.1) is 4.47 Å². The van der Waals surface area contributed by atoms with Gasteiger partial charge in [-0.2, -0.15) is 0 Å². The van der Waals surface area contributed by atoms with Crippen LogP contribution in [0.1, 0.15) is 35.1 Å². The number of rotatable bonds is 3. The highest BCUT2D eigenvalue weighted by Gasteiger charge is 2.33. The zero-order valence-corrected chi connectivity index (χ0v) is 13.3. The van der Waals surface area contributed by atoms with E-state index in [0.29, 0.717) is 4.47 Å². The van der Waals surface area contributed by atoms with E-state index in [2.05, 4.69) is 33.4 Å². The van der Waals surface area contributed by atoms with E-state index in [1.807, 2.05) is 12.1 Å². The van der Waals surface area contributed by atoms with Crippen molar-refractivity contribution in [1.82, 2.24) is 5.32 Å². The Morgan fingerprint density at radius 3 is 2.71 bits per heavy atom. The van der Waals surface area contributed by atoms with Crippen molar-refractivity contribution < 1.29 is 8.78 Å². The van der Waals surface area contributed by atoms with Gasteiger partial charge in [-0.25, -0.2) is 8.78 Å². The average molecular weight is 352 g/mol. The van der Waals surface area contributed by atoms with Crippen LogP contribution in [0.2, 0.25) is 0 Å². The Balaban J connectivity index is 2.07. The highest BCUT2D eigenvalue weighted by molar-refractivity contribution is 9.10. The molecule has 110 valence electrons. The van der Waals surface area contributed by atoms with Crippen molar-refractivity contribution in [1.29, 1.82) is 0 Å². The van der Waals surface area contributed by atoms with Crippen LogP contribution < -0.4 is 5.32 Å². The molecule has 1 N–H and O–H groups in total. The van der Waals surface area contributed by atoms with E-state index in [9.17, 15) is 8.78 Å². The highest BCUT2D eigenvalue weighted by atomic mass is 79.9. The van der Waals surface area contributed by atoms with E-state index in [0.717, 1.165) is 12.8 Å². The van der Waals surface area contributed by atoms with Crippen molar-refractivity contribution in [2.45, 2.75) is 24.8 Å². The summed E-state index contributed by atoms with van der Waals surface area (Å²) in [6.45, 7) is 0. The predicted molar refractivity (Wildman–Crippen MR) is 83.4 cm³/mol. The molecule has 0 spiro atoms. The third-order valence-electron chi connectivity index (χ3n) is 4.28. The van der Waals surface area contributed by atoms with Crippen LogP contribution in [0.3, 0.4) is 0 Å². The molecule has 0 aliphatic heterocycles. The largest absolute Gasteiger partial charge is 0.312 e. The lowest BCUT2D eigenvalue weighted by atomic mass is 9.88. The molecule has 1 aliphatic rings. The lowest BCUT2D eigenvalue weighted by Crippen LogP contribution is -2.25. The molecular weight excluding hydrogens is 336 g/mol. The minimum atomic E-state index is -0.515. The zero-order chi connectivity index (χ0) is 15.0. The second-order valence-electron chi connectivity index (χ2n) is 5.37. The van der Waals surface area contributed by atoms with E-state index in [1.165, 1.54) is 23.3 Å². The highest BCUT2D eigenvalue weighted by Crippen LogP contribution is 2.43. The van der Waals surface area contributed by atoms with Crippen molar-refractivity contribution in [3.63, 3.8) is 0 Å². The van der Waals surface area contributed by atoms with Crippen LogP contribution in [-0.4, -0.2) is 7.05 Å². The second kappa shape index (κ2) is 5.85. The maximum atomic E-state index is 14.4. The molecule has 0 saturated heterocycles. The van der Waals surface area contributed by atoms with Gasteiger partial charge in [-0.3, -0.25) is 0 Å². The smallest absolute Gasteiger partial charge is 0.145 e. The summed E-state index contributed by atoms with van der Waals surface area (Å²) in [6, 6.07) is 10.5. The fraction of sp³-hybridized carbons (Fsp3) is 0.294. The maximum Gasteiger partial charge on any atom is 0.145 e. The summed E-state index contributed by atoms with van der Waals surface area (Å²) >= 11 is 3.15. The van der Waals surface area contributed by atoms with Crippen LogP contribution in [0, 0.1) is 11.6 Å². The monoisotopic (exact) mass is 351 g/mol. The van der Waals surface area contributed by atoms with Gasteiger partial charge in [-0.15, -0.1) is 0 Å². The number of fused-ring (bicyclic) bond motifs is 1. The normalized spacial score (nSPS) is 18.6. The first-order chi connectivity index (χ1) is 10.1. The Kier molecular flexibility index (Phi) is 4.09. The molecule has 1 aliphatic carbocycles. The molecular formula is C17H16BrF2N. The average Bonchev–Trinajstić information content (AvgIpc) is 2.91. The first-order valence-electron chi connectivity index (χ1n) is 7.02. The molecule has 2 atom stereocenters. The number of benzene rings is 2. The van der Waals surface area contributed by atoms with Gasteiger partial charge in [0.15, 0.2) is 0 Å². The van der Waals surface area contributed by atoms with Gasteiger partial charge in [0.25, 0.3) is 0 Å². The molecule has 0 fully saturated rings. The molecule has 0 saturated carbocycles. The fourth-order valence-electron chi connectivity index (χ4n) is 3.31. The quantitative estimate of drug-likeness (QED) is 0.789. The summed E-state index contributed by atoms with van der Waals surface area (Å²) in [5.74, 6) is -0.928. The molecule has 1 nitrogen and oxygen atoms in total. The molecule has 0 amide bonds. The van der Waals surface area contributed by atoms with Crippen LogP contribution in [0.15, 0.2) is 40.9 Å². The lowest BCUT2D eigenvalue weighted by Gasteiger charge is -2.25. The summed E-state index contributed by atoms with van der Waals surface area (Å²) in [5, 5.41) is 3.11. The van der Waals surface area contributed by atoms with Gasteiger partial charge in [0, 0.05) is 17.5 Å². The third-order valence-corrected chi connectivity index (χ3v) is 4.90. The first-order valence-corrected chi connectivity index (χ1v) is 7.81. The van der Waals surface area contributed by atoms with E-state index < -0.39 is 11.6 Å². The molecule has 2 aromatic rings. The summed E-state index contributed by atoms with van der Waals surface area (Å²) in [7, 11) is 1.76. The Hall–Kier alpha value is -1.26. The summed E-state index contributed by atoms with van der Waals surface area (Å²) in [6.07, 6.45) is 1.85. The summed E-state index contributed by atoms with van der Waals surface area (Å²) in [5.41, 5.74) is 2.59. The van der Waals surface area contributed by atoms with Crippen LogP contribution in [0.4, 0.5) is 8.78 Å². The molecule has 2 unspecified atom stereocenters. The number of hydrogen-bond acceptors (Lipinski definition) is 1. The standard InChI is InChI=1S/C17H16BrF2N/c1-21-17(15-14(19)9-8-13(18)16(15)20)12-7-6-10-4-2-3-5-11(10)12/h2-5,8-9,12,17,21H,6-7H2,1H3. The van der Waals surface area contributed by atoms with Gasteiger partial charge >= 0.3 is 0 Å². The van der Waals surface area contributed by atoms with Crippen molar-refractivity contribution in [2.24, 2.45) is 0 Å². The van der Waals surface area contributed by atoms with Crippen molar-refractivity contribution >= 4 is 15.9 Å². The Bertz CT molecular complexity index is 672. The van der Waals surface area contributed by atoms with E-state index >= 15 is 0 Å². The van der Waals surface area contributed by atoms with Crippen LogP contribution in [-0.2, 0) is 6.42 Å². The molecule has 2 aromatic carbocycles. The molecule has 0 aromatic heterocycles. The Morgan fingerprint density at radius 2 is 1.95 bits per heavy atom. The number of aryl methyl sites for hydroxylation is 1. The Morgan fingerprint density at radius 1 is 1.19 bits per heavy atom. The minimum Gasteiger partial charge on any atom is -0.312 e. The van der Waals surface area contributed by atoms with Gasteiger partial charge in [-0.1, -0.05) is 24.3 Å². The number of halogens is 3. The van der Waals surface area contributed by atoms with Crippen LogP contribution >= 0.6 is 15.9 Å². The van der Waals surface area contributed by atoms with Crippen molar-refractivity contribution in [3.05, 3.63) is 69.2 Å². The third kappa shape index (κ3) is 2.51. The second-order valence-corrected chi connectivity index (χ2v) is 6.22. The molecule has 0 bridgehead atoms. The molecule has 21 heavy (non-hydrogen) atoms. The topological polar surface area (TPSA) is 12.0 Å². The van der Waals surface area contributed by atoms with E-state index in [-0.39, 0.29) is 17.5 Å². The number of nitrogens with one attached hydrogen (secondary N) is 1. The van der Waals surface area contributed by atoms with Gasteiger partial charge < -0.3 is 5.32 Å².